The van der Waals surface area contributed by atoms with E-state index in [9.17, 15) is 5.11 Å². The second kappa shape index (κ2) is 9.70. The molecule has 1 aliphatic heterocycles. The molecule has 0 radical (unpaired) electrons. The molecule has 0 aliphatic carbocycles. The molecule has 1 heterocycles. The zero-order chi connectivity index (χ0) is 20.2. The Balaban J connectivity index is 0.00000256. The van der Waals surface area contributed by atoms with Crippen LogP contribution < -0.4 is 4.74 Å². The molecule has 1 aliphatic rings. The van der Waals surface area contributed by atoms with Crippen molar-refractivity contribution in [2.45, 2.75) is 24.0 Å². The van der Waals surface area contributed by atoms with Crippen LogP contribution in [0.2, 0.25) is 0 Å². The van der Waals surface area contributed by atoms with E-state index in [1.807, 2.05) is 30.0 Å². The second-order valence-electron chi connectivity index (χ2n) is 6.96. The lowest BCUT2D eigenvalue weighted by molar-refractivity contribution is 0.362. The molecular formula is C26H26O3S. The fourth-order valence-electron chi connectivity index (χ4n) is 3.79. The van der Waals surface area contributed by atoms with Gasteiger partial charge in [-0.05, 0) is 70.2 Å². The van der Waals surface area contributed by atoms with E-state index in [-0.39, 0.29) is 11.2 Å². The fourth-order valence-corrected chi connectivity index (χ4v) is 4.88. The van der Waals surface area contributed by atoms with E-state index in [4.69, 9.17) is 4.74 Å². The molecule has 3 N–H and O–H groups in total. The standard InChI is InChI=1S/C26H24O2S.H2O/c1-3-15-28-21-13-14-24-25(16-21)29-17-19-7-5-6-8-23(19)22(4-2)26(24)18-9-11-20(27)12-10-18;/h3,5-14,16,27H,1,4,15,17H2,2H3;1H2/b26-22-;. The summed E-state index contributed by atoms with van der Waals surface area (Å²) in [6.45, 7) is 6.44. The molecule has 30 heavy (non-hydrogen) atoms. The Morgan fingerprint density at radius 1 is 1.03 bits per heavy atom. The van der Waals surface area contributed by atoms with Crippen molar-refractivity contribution in [3.8, 4) is 11.5 Å². The van der Waals surface area contributed by atoms with E-state index < -0.39 is 0 Å². The van der Waals surface area contributed by atoms with E-state index in [2.05, 4.69) is 49.9 Å². The molecule has 0 fully saturated rings. The lowest BCUT2D eigenvalue weighted by atomic mass is 9.86. The van der Waals surface area contributed by atoms with Crippen molar-refractivity contribution >= 4 is 22.9 Å². The summed E-state index contributed by atoms with van der Waals surface area (Å²) in [7, 11) is 0. The normalized spacial score (nSPS) is 15.1. The van der Waals surface area contributed by atoms with E-state index >= 15 is 0 Å². The molecule has 0 saturated heterocycles. The van der Waals surface area contributed by atoms with Gasteiger partial charge < -0.3 is 15.3 Å². The number of thioether (sulfide) groups is 1. The van der Waals surface area contributed by atoms with Crippen LogP contribution in [0.15, 0.2) is 84.3 Å². The molecule has 4 rings (SSSR count). The van der Waals surface area contributed by atoms with Crippen LogP contribution >= 0.6 is 11.8 Å². The van der Waals surface area contributed by atoms with Crippen molar-refractivity contribution < 1.29 is 15.3 Å². The van der Waals surface area contributed by atoms with Crippen molar-refractivity contribution in [1.29, 1.82) is 0 Å². The first kappa shape index (κ1) is 21.8. The Morgan fingerprint density at radius 2 is 1.80 bits per heavy atom. The zero-order valence-corrected chi connectivity index (χ0v) is 17.8. The van der Waals surface area contributed by atoms with Gasteiger partial charge >= 0.3 is 0 Å². The summed E-state index contributed by atoms with van der Waals surface area (Å²) in [5.74, 6) is 2.05. The van der Waals surface area contributed by atoms with Gasteiger partial charge in [-0.25, -0.2) is 0 Å². The minimum Gasteiger partial charge on any atom is -0.508 e. The predicted octanol–water partition coefficient (Wildman–Crippen LogP) is 6.11. The highest BCUT2D eigenvalue weighted by Crippen LogP contribution is 2.44. The first-order valence-corrected chi connectivity index (χ1v) is 10.8. The highest BCUT2D eigenvalue weighted by Gasteiger charge is 2.21. The van der Waals surface area contributed by atoms with E-state index in [0.717, 1.165) is 23.5 Å². The number of phenolic OH excluding ortho intramolecular Hbond substituents is 1. The molecule has 0 atom stereocenters. The van der Waals surface area contributed by atoms with Crippen molar-refractivity contribution in [2.24, 2.45) is 0 Å². The maximum Gasteiger partial charge on any atom is 0.120 e. The number of fused-ring (bicyclic) bond motifs is 2. The van der Waals surface area contributed by atoms with Crippen LogP contribution in [-0.2, 0) is 5.75 Å². The third-order valence-electron chi connectivity index (χ3n) is 5.13. The van der Waals surface area contributed by atoms with Gasteiger partial charge in [-0.15, -0.1) is 11.8 Å². The molecule has 0 amide bonds. The van der Waals surface area contributed by atoms with Crippen LogP contribution in [0.3, 0.4) is 0 Å². The molecule has 154 valence electrons. The Morgan fingerprint density at radius 3 is 2.53 bits per heavy atom. The van der Waals surface area contributed by atoms with Crippen molar-refractivity contribution in [2.75, 3.05) is 6.61 Å². The van der Waals surface area contributed by atoms with Gasteiger partial charge in [0.15, 0.2) is 0 Å². The van der Waals surface area contributed by atoms with Gasteiger partial charge in [-0.2, -0.15) is 0 Å². The van der Waals surface area contributed by atoms with E-state index in [0.29, 0.717) is 6.61 Å². The molecule has 0 spiro atoms. The Kier molecular flexibility index (Phi) is 7.03. The molecule has 0 saturated carbocycles. The summed E-state index contributed by atoms with van der Waals surface area (Å²) in [4.78, 5) is 1.20. The Bertz CT molecular complexity index is 1070. The number of benzene rings is 3. The predicted molar refractivity (Wildman–Crippen MR) is 126 cm³/mol. The summed E-state index contributed by atoms with van der Waals surface area (Å²) in [5, 5.41) is 9.81. The number of phenols is 1. The van der Waals surface area contributed by atoms with Crippen molar-refractivity contribution in [1.82, 2.24) is 0 Å². The summed E-state index contributed by atoms with van der Waals surface area (Å²) < 4.78 is 5.79. The van der Waals surface area contributed by atoms with Gasteiger partial charge in [-0.1, -0.05) is 56.0 Å². The highest BCUT2D eigenvalue weighted by atomic mass is 32.2. The smallest absolute Gasteiger partial charge is 0.120 e. The zero-order valence-electron chi connectivity index (χ0n) is 17.0. The van der Waals surface area contributed by atoms with Gasteiger partial charge in [0.2, 0.25) is 0 Å². The summed E-state index contributed by atoms with van der Waals surface area (Å²) in [5.41, 5.74) is 7.51. The number of rotatable bonds is 5. The van der Waals surface area contributed by atoms with Crippen molar-refractivity contribution in [3.63, 3.8) is 0 Å². The maximum atomic E-state index is 9.81. The third-order valence-corrected chi connectivity index (χ3v) is 6.23. The number of allylic oxidation sites excluding steroid dienone is 1. The van der Waals surface area contributed by atoms with Gasteiger partial charge in [0.1, 0.15) is 18.1 Å². The molecule has 0 unspecified atom stereocenters. The largest absolute Gasteiger partial charge is 0.508 e. The van der Waals surface area contributed by atoms with Crippen LogP contribution in [0.5, 0.6) is 11.5 Å². The van der Waals surface area contributed by atoms with Crippen LogP contribution in [0.4, 0.5) is 0 Å². The molecular weight excluding hydrogens is 392 g/mol. The van der Waals surface area contributed by atoms with E-state index in [1.54, 1.807) is 18.2 Å². The van der Waals surface area contributed by atoms with Crippen LogP contribution in [0.1, 0.15) is 35.6 Å². The number of hydrogen-bond donors (Lipinski definition) is 1. The first-order chi connectivity index (χ1) is 14.2. The van der Waals surface area contributed by atoms with Gasteiger partial charge in [-0.3, -0.25) is 0 Å². The Labute approximate surface area is 182 Å². The van der Waals surface area contributed by atoms with Gasteiger partial charge in [0.05, 0.1) is 0 Å². The summed E-state index contributed by atoms with van der Waals surface area (Å²) in [6, 6.07) is 22.5. The third kappa shape index (κ3) is 4.30. The molecule has 3 nitrogen and oxygen atoms in total. The lowest BCUT2D eigenvalue weighted by Gasteiger charge is -2.24. The molecule has 3 aromatic rings. The highest BCUT2D eigenvalue weighted by molar-refractivity contribution is 7.98. The van der Waals surface area contributed by atoms with Gasteiger partial charge in [0.25, 0.3) is 0 Å². The minimum atomic E-state index is 0. The van der Waals surface area contributed by atoms with Crippen molar-refractivity contribution in [3.05, 3.63) is 102 Å². The Hall–Kier alpha value is -2.95. The average molecular weight is 419 g/mol. The van der Waals surface area contributed by atoms with E-state index in [1.165, 1.54) is 32.7 Å². The number of aromatic hydroxyl groups is 1. The van der Waals surface area contributed by atoms with Gasteiger partial charge in [0, 0.05) is 10.6 Å². The SMILES string of the molecule is C=CCOc1ccc2c(c1)SCc1ccccc1/C(CC)=C\2c1ccc(O)cc1.O. The lowest BCUT2D eigenvalue weighted by Crippen LogP contribution is -2.03. The number of ether oxygens (including phenoxy) is 1. The first-order valence-electron chi connectivity index (χ1n) is 9.83. The van der Waals surface area contributed by atoms with Crippen LogP contribution in [0.25, 0.3) is 11.1 Å². The topological polar surface area (TPSA) is 61.0 Å². The number of hydrogen-bond acceptors (Lipinski definition) is 3. The molecule has 0 bridgehead atoms. The fraction of sp³-hybridized carbons (Fsp3) is 0.154. The molecule has 4 heteroatoms. The average Bonchev–Trinajstić information content (AvgIpc) is 2.75. The summed E-state index contributed by atoms with van der Waals surface area (Å²) in [6.07, 6.45) is 2.68. The van der Waals surface area contributed by atoms with Crippen LogP contribution in [0, 0.1) is 0 Å². The minimum absolute atomic E-state index is 0. The van der Waals surface area contributed by atoms with Crippen LogP contribution in [-0.4, -0.2) is 17.2 Å². The molecule has 3 aromatic carbocycles. The summed E-state index contributed by atoms with van der Waals surface area (Å²) >= 11 is 1.84. The quantitative estimate of drug-likeness (QED) is 0.509. The second-order valence-corrected chi connectivity index (χ2v) is 7.97. The maximum absolute atomic E-state index is 9.81. The molecule has 0 aromatic heterocycles. The monoisotopic (exact) mass is 418 g/mol.